The van der Waals surface area contributed by atoms with Gasteiger partial charge in [0.25, 0.3) is 5.56 Å². The number of amides is 2. The van der Waals surface area contributed by atoms with E-state index >= 15 is 0 Å². The average Bonchev–Trinajstić information content (AvgIpc) is 3.29. The fourth-order valence-corrected chi connectivity index (χ4v) is 5.71. The third kappa shape index (κ3) is 5.02. The molecule has 8 nitrogen and oxygen atoms in total. The molecular formula is C24H26N4O4S2. The van der Waals surface area contributed by atoms with Crippen molar-refractivity contribution in [2.45, 2.75) is 18.6 Å². The van der Waals surface area contributed by atoms with Crippen molar-refractivity contribution in [3.8, 4) is 11.1 Å². The summed E-state index contributed by atoms with van der Waals surface area (Å²) in [4.78, 5) is 46.8. The lowest BCUT2D eigenvalue weighted by Crippen LogP contribution is -2.51. The summed E-state index contributed by atoms with van der Waals surface area (Å²) >= 11 is 2.68. The Labute approximate surface area is 205 Å². The average molecular weight is 499 g/mol. The van der Waals surface area contributed by atoms with Crippen LogP contribution in [0.1, 0.15) is 6.92 Å². The van der Waals surface area contributed by atoms with Gasteiger partial charge in [0, 0.05) is 43.7 Å². The number of ether oxygens (including phenoxy) is 1. The Balaban J connectivity index is 1.50. The summed E-state index contributed by atoms with van der Waals surface area (Å²) < 4.78 is 6.60. The van der Waals surface area contributed by atoms with Crippen LogP contribution in [0.4, 0.5) is 4.79 Å². The van der Waals surface area contributed by atoms with Gasteiger partial charge in [-0.3, -0.25) is 14.2 Å². The van der Waals surface area contributed by atoms with Crippen molar-refractivity contribution in [3.05, 3.63) is 58.7 Å². The summed E-state index contributed by atoms with van der Waals surface area (Å²) in [6, 6.07) is 9.77. The third-order valence-corrected chi connectivity index (χ3v) is 7.37. The predicted molar refractivity (Wildman–Crippen MR) is 135 cm³/mol. The number of carbonyl (C=O) groups is 2. The molecule has 4 rings (SSSR count). The first kappa shape index (κ1) is 24.0. The van der Waals surface area contributed by atoms with Gasteiger partial charge in [0.2, 0.25) is 5.91 Å². The highest BCUT2D eigenvalue weighted by molar-refractivity contribution is 7.99. The van der Waals surface area contributed by atoms with E-state index < -0.39 is 0 Å². The summed E-state index contributed by atoms with van der Waals surface area (Å²) in [5, 5.41) is 3.04. The second-order valence-corrected chi connectivity index (χ2v) is 9.45. The topological polar surface area (TPSA) is 84.7 Å². The second-order valence-electron chi connectivity index (χ2n) is 7.65. The fraction of sp³-hybridized carbons (Fsp3) is 0.333. The van der Waals surface area contributed by atoms with E-state index in [1.54, 1.807) is 27.4 Å². The Morgan fingerprint density at radius 3 is 2.56 bits per heavy atom. The standard InChI is InChI=1S/C24H26N4O4S2/c1-3-10-28-22(30)20-18(17-8-6-5-7-9-17)15-33-21(20)25-23(28)34-16-19(29)26-11-13-27(14-12-26)24(31)32-4-2/h3,5-9,15H,1,4,10-14,16H2,2H3. The van der Waals surface area contributed by atoms with Gasteiger partial charge in [0.05, 0.1) is 17.7 Å². The van der Waals surface area contributed by atoms with E-state index in [4.69, 9.17) is 9.72 Å². The van der Waals surface area contributed by atoms with Crippen molar-refractivity contribution >= 4 is 45.3 Å². The Hall–Kier alpha value is -3.11. The zero-order valence-corrected chi connectivity index (χ0v) is 20.6. The van der Waals surface area contributed by atoms with E-state index in [1.165, 1.54) is 23.1 Å². The number of hydrogen-bond donors (Lipinski definition) is 0. The van der Waals surface area contributed by atoms with Gasteiger partial charge in [-0.05, 0) is 12.5 Å². The van der Waals surface area contributed by atoms with E-state index in [9.17, 15) is 14.4 Å². The number of carbonyl (C=O) groups excluding carboxylic acids is 2. The quantitative estimate of drug-likeness (QED) is 0.281. The number of hydrogen-bond acceptors (Lipinski definition) is 7. The number of benzene rings is 1. The van der Waals surface area contributed by atoms with Gasteiger partial charge >= 0.3 is 6.09 Å². The van der Waals surface area contributed by atoms with Gasteiger partial charge < -0.3 is 14.5 Å². The summed E-state index contributed by atoms with van der Waals surface area (Å²) in [5.74, 6) is 0.106. The summed E-state index contributed by atoms with van der Waals surface area (Å²) in [6.07, 6.45) is 1.31. The molecule has 2 amide bonds. The molecule has 0 aliphatic carbocycles. The van der Waals surface area contributed by atoms with Gasteiger partial charge in [-0.25, -0.2) is 9.78 Å². The molecule has 1 aliphatic rings. The van der Waals surface area contributed by atoms with Crippen LogP contribution in [-0.4, -0.2) is 69.9 Å². The first-order chi connectivity index (χ1) is 16.5. The maximum Gasteiger partial charge on any atom is 0.409 e. The molecule has 0 unspecified atom stereocenters. The van der Waals surface area contributed by atoms with Crippen molar-refractivity contribution in [3.63, 3.8) is 0 Å². The lowest BCUT2D eigenvalue weighted by atomic mass is 10.1. The van der Waals surface area contributed by atoms with Gasteiger partial charge in [-0.1, -0.05) is 48.2 Å². The molecule has 0 atom stereocenters. The molecule has 178 valence electrons. The van der Waals surface area contributed by atoms with Crippen LogP contribution >= 0.6 is 23.1 Å². The van der Waals surface area contributed by atoms with Crippen molar-refractivity contribution in [2.24, 2.45) is 0 Å². The molecule has 1 fully saturated rings. The minimum atomic E-state index is -0.347. The normalized spacial score (nSPS) is 13.8. The molecule has 1 saturated heterocycles. The number of fused-ring (bicyclic) bond motifs is 1. The van der Waals surface area contributed by atoms with Gasteiger partial charge in [0.1, 0.15) is 4.83 Å². The van der Waals surface area contributed by atoms with E-state index in [0.29, 0.717) is 54.7 Å². The SMILES string of the molecule is C=CCn1c(SCC(=O)N2CCN(C(=O)OCC)CC2)nc2scc(-c3ccccc3)c2c1=O. The number of rotatable bonds is 7. The van der Waals surface area contributed by atoms with E-state index in [2.05, 4.69) is 6.58 Å². The van der Waals surface area contributed by atoms with Crippen LogP contribution in [0.5, 0.6) is 0 Å². The van der Waals surface area contributed by atoms with Crippen molar-refractivity contribution in [1.82, 2.24) is 19.4 Å². The molecule has 0 spiro atoms. The molecular weight excluding hydrogens is 472 g/mol. The Bertz CT molecular complexity index is 1250. The number of allylic oxidation sites excluding steroid dienone is 1. The van der Waals surface area contributed by atoms with Crippen LogP contribution in [0.3, 0.4) is 0 Å². The highest BCUT2D eigenvalue weighted by atomic mass is 32.2. The summed E-state index contributed by atoms with van der Waals surface area (Å²) in [5.41, 5.74) is 1.70. The van der Waals surface area contributed by atoms with E-state index in [1.807, 2.05) is 35.7 Å². The van der Waals surface area contributed by atoms with Gasteiger partial charge in [0.15, 0.2) is 5.16 Å². The van der Waals surface area contributed by atoms with Crippen LogP contribution in [0.2, 0.25) is 0 Å². The first-order valence-electron chi connectivity index (χ1n) is 11.0. The summed E-state index contributed by atoms with van der Waals surface area (Å²) in [6.45, 7) is 7.97. The number of thiophene rings is 1. The van der Waals surface area contributed by atoms with Crippen molar-refractivity contribution in [2.75, 3.05) is 38.5 Å². The maximum absolute atomic E-state index is 13.4. The zero-order valence-electron chi connectivity index (χ0n) is 18.9. The lowest BCUT2D eigenvalue weighted by Gasteiger charge is -2.34. The Kier molecular flexibility index (Phi) is 7.69. The molecule has 0 radical (unpaired) electrons. The van der Waals surface area contributed by atoms with E-state index in [-0.39, 0.29) is 23.3 Å². The monoisotopic (exact) mass is 498 g/mol. The van der Waals surface area contributed by atoms with Crippen LogP contribution < -0.4 is 5.56 Å². The maximum atomic E-state index is 13.4. The third-order valence-electron chi connectivity index (χ3n) is 5.54. The van der Waals surface area contributed by atoms with Gasteiger partial charge in [-0.15, -0.1) is 17.9 Å². The van der Waals surface area contributed by atoms with Crippen LogP contribution in [0.25, 0.3) is 21.3 Å². The molecule has 1 aromatic carbocycles. The van der Waals surface area contributed by atoms with Gasteiger partial charge in [-0.2, -0.15) is 0 Å². The summed E-state index contributed by atoms with van der Waals surface area (Å²) in [7, 11) is 0. The second kappa shape index (κ2) is 10.9. The molecule has 0 N–H and O–H groups in total. The van der Waals surface area contributed by atoms with E-state index in [0.717, 1.165) is 11.1 Å². The molecule has 10 heteroatoms. The van der Waals surface area contributed by atoms with Crippen LogP contribution in [0.15, 0.2) is 58.3 Å². The number of piperazine rings is 1. The molecule has 2 aromatic heterocycles. The molecule has 0 bridgehead atoms. The Morgan fingerprint density at radius 1 is 1.18 bits per heavy atom. The molecule has 0 saturated carbocycles. The lowest BCUT2D eigenvalue weighted by molar-refractivity contribution is -0.129. The fourth-order valence-electron chi connectivity index (χ4n) is 3.81. The first-order valence-corrected chi connectivity index (χ1v) is 12.9. The number of aromatic nitrogens is 2. The largest absolute Gasteiger partial charge is 0.450 e. The number of nitrogens with zero attached hydrogens (tertiary/aromatic N) is 4. The van der Waals surface area contributed by atoms with Crippen molar-refractivity contribution < 1.29 is 14.3 Å². The smallest absolute Gasteiger partial charge is 0.409 e. The molecule has 3 aromatic rings. The highest BCUT2D eigenvalue weighted by Crippen LogP contribution is 2.32. The zero-order chi connectivity index (χ0) is 24.1. The highest BCUT2D eigenvalue weighted by Gasteiger charge is 2.25. The molecule has 3 heterocycles. The minimum Gasteiger partial charge on any atom is -0.450 e. The molecule has 1 aliphatic heterocycles. The van der Waals surface area contributed by atoms with Crippen LogP contribution in [-0.2, 0) is 16.1 Å². The predicted octanol–water partition coefficient (Wildman–Crippen LogP) is 3.70. The van der Waals surface area contributed by atoms with Crippen molar-refractivity contribution in [1.29, 1.82) is 0 Å². The minimum absolute atomic E-state index is 0.0517. The molecule has 34 heavy (non-hydrogen) atoms. The Morgan fingerprint density at radius 2 is 1.88 bits per heavy atom. The number of thioether (sulfide) groups is 1. The van der Waals surface area contributed by atoms with Crippen LogP contribution in [0, 0.1) is 0 Å².